The Bertz CT molecular complexity index is 2490. The third-order valence-electron chi connectivity index (χ3n) is 9.01. The molecule has 1 aliphatic rings. The van der Waals surface area contributed by atoms with Crippen LogP contribution in [0.15, 0.2) is 167 Å². The van der Waals surface area contributed by atoms with Gasteiger partial charge in [0.1, 0.15) is 11.7 Å². The van der Waals surface area contributed by atoms with Gasteiger partial charge in [-0.15, -0.1) is 0 Å². The normalized spacial score (nSPS) is 14.7. The fourth-order valence-electron chi connectivity index (χ4n) is 6.63. The number of allylic oxidation sites excluding steroid dienone is 1. The van der Waals surface area contributed by atoms with E-state index in [-0.39, 0.29) is 6.17 Å². The Hall–Kier alpha value is -6.33. The first-order valence-corrected chi connectivity index (χ1v) is 15.8. The van der Waals surface area contributed by atoms with Crippen molar-refractivity contribution in [3.8, 4) is 16.8 Å². The van der Waals surface area contributed by atoms with E-state index in [1.807, 2.05) is 24.3 Å². The maximum Gasteiger partial charge on any atom is 0.159 e. The molecule has 5 heteroatoms. The predicted molar refractivity (Wildman–Crippen MR) is 194 cm³/mol. The summed E-state index contributed by atoms with van der Waals surface area (Å²) in [7, 11) is 0. The number of fused-ring (bicyclic) bond motifs is 4. The molecule has 2 aromatic heterocycles. The Morgan fingerprint density at radius 1 is 0.638 bits per heavy atom. The SMILES string of the molecule is Nc1ccc2c(ccn2-c2cccc3c2oc2ccc(C4=NC(c5ccccc5)NC(c5ccc(-c6ccccc6)cc5)=C4)cc23)c1. The number of hydrogen-bond donors (Lipinski definition) is 2. The van der Waals surface area contributed by atoms with Gasteiger partial charge in [-0.05, 0) is 76.9 Å². The Labute approximate surface area is 271 Å². The number of nitrogen functional groups attached to an aromatic ring is 1. The third kappa shape index (κ3) is 4.77. The van der Waals surface area contributed by atoms with Crippen LogP contribution in [0.3, 0.4) is 0 Å². The smallest absolute Gasteiger partial charge is 0.159 e. The van der Waals surface area contributed by atoms with Gasteiger partial charge in [0.2, 0.25) is 0 Å². The molecule has 5 nitrogen and oxygen atoms in total. The van der Waals surface area contributed by atoms with Crippen molar-refractivity contribution in [1.29, 1.82) is 0 Å². The van der Waals surface area contributed by atoms with Crippen LogP contribution in [0.25, 0.3) is 55.4 Å². The third-order valence-corrected chi connectivity index (χ3v) is 9.01. The average molecular weight is 607 g/mol. The van der Waals surface area contributed by atoms with E-state index in [2.05, 4.69) is 143 Å². The second kappa shape index (κ2) is 10.9. The highest BCUT2D eigenvalue weighted by Gasteiger charge is 2.21. The number of nitrogens with one attached hydrogen (secondary N) is 1. The molecule has 3 heterocycles. The van der Waals surface area contributed by atoms with Crippen LogP contribution in [0.5, 0.6) is 0 Å². The largest absolute Gasteiger partial charge is 0.454 e. The van der Waals surface area contributed by atoms with E-state index in [9.17, 15) is 0 Å². The maximum absolute atomic E-state index is 6.54. The molecular formula is C42H30N4O. The molecular weight excluding hydrogens is 576 g/mol. The Balaban J connectivity index is 1.14. The van der Waals surface area contributed by atoms with E-state index in [1.165, 1.54) is 11.1 Å². The number of rotatable bonds is 5. The molecule has 1 aliphatic heterocycles. The second-order valence-corrected chi connectivity index (χ2v) is 11.9. The number of furan rings is 1. The fourth-order valence-corrected chi connectivity index (χ4v) is 6.63. The minimum absolute atomic E-state index is 0.223. The number of aromatic nitrogens is 1. The zero-order valence-electron chi connectivity index (χ0n) is 25.5. The monoisotopic (exact) mass is 606 g/mol. The topological polar surface area (TPSA) is 68.5 Å². The van der Waals surface area contributed by atoms with Crippen molar-refractivity contribution in [2.45, 2.75) is 6.17 Å². The van der Waals surface area contributed by atoms with E-state index in [0.29, 0.717) is 0 Å². The summed E-state index contributed by atoms with van der Waals surface area (Å²) in [4.78, 5) is 5.22. The van der Waals surface area contributed by atoms with Gasteiger partial charge in [-0.25, -0.2) is 0 Å². The van der Waals surface area contributed by atoms with Gasteiger partial charge in [0.25, 0.3) is 0 Å². The number of hydrogen-bond acceptors (Lipinski definition) is 4. The lowest BCUT2D eigenvalue weighted by Gasteiger charge is -2.25. The van der Waals surface area contributed by atoms with Crippen molar-refractivity contribution in [2.24, 2.45) is 4.99 Å². The quantitative estimate of drug-likeness (QED) is 0.192. The first-order valence-electron chi connectivity index (χ1n) is 15.8. The molecule has 224 valence electrons. The molecule has 0 saturated heterocycles. The molecule has 47 heavy (non-hydrogen) atoms. The minimum Gasteiger partial charge on any atom is -0.454 e. The predicted octanol–water partition coefficient (Wildman–Crippen LogP) is 9.91. The van der Waals surface area contributed by atoms with Crippen molar-refractivity contribution >= 4 is 49.9 Å². The van der Waals surface area contributed by atoms with E-state index < -0.39 is 0 Å². The number of aliphatic imine (C=N–C) groups is 1. The van der Waals surface area contributed by atoms with Gasteiger partial charge in [0, 0.05) is 39.3 Å². The Kier molecular flexibility index (Phi) is 6.28. The molecule has 1 atom stereocenters. The van der Waals surface area contributed by atoms with Gasteiger partial charge >= 0.3 is 0 Å². The van der Waals surface area contributed by atoms with Gasteiger partial charge in [-0.2, -0.15) is 0 Å². The van der Waals surface area contributed by atoms with E-state index in [1.54, 1.807) is 0 Å². The molecule has 0 spiro atoms. The lowest BCUT2D eigenvalue weighted by Crippen LogP contribution is -2.24. The van der Waals surface area contributed by atoms with E-state index in [4.69, 9.17) is 15.1 Å². The molecule has 0 saturated carbocycles. The lowest BCUT2D eigenvalue weighted by molar-refractivity contribution is 0.663. The van der Waals surface area contributed by atoms with Gasteiger partial charge in [-0.3, -0.25) is 4.99 Å². The molecule has 9 rings (SSSR count). The van der Waals surface area contributed by atoms with Crippen molar-refractivity contribution < 1.29 is 4.42 Å². The first-order chi connectivity index (χ1) is 23.2. The number of anilines is 1. The summed E-state index contributed by atoms with van der Waals surface area (Å²) in [6.07, 6.45) is 4.01. The van der Waals surface area contributed by atoms with Crippen LogP contribution in [0.2, 0.25) is 0 Å². The number of para-hydroxylation sites is 1. The van der Waals surface area contributed by atoms with Crippen LogP contribution in [0, 0.1) is 0 Å². The summed E-state index contributed by atoms with van der Waals surface area (Å²) < 4.78 is 8.70. The van der Waals surface area contributed by atoms with Gasteiger partial charge < -0.3 is 20.0 Å². The summed E-state index contributed by atoms with van der Waals surface area (Å²) in [5, 5.41) is 6.90. The molecule has 8 aromatic rings. The van der Waals surface area contributed by atoms with E-state index >= 15 is 0 Å². The van der Waals surface area contributed by atoms with Crippen LogP contribution in [-0.2, 0) is 0 Å². The minimum atomic E-state index is -0.223. The molecule has 0 radical (unpaired) electrons. The van der Waals surface area contributed by atoms with Crippen molar-refractivity contribution in [3.63, 3.8) is 0 Å². The molecule has 0 amide bonds. The summed E-state index contributed by atoms with van der Waals surface area (Å²) in [6, 6.07) is 50.3. The molecule has 0 bridgehead atoms. The molecule has 6 aromatic carbocycles. The van der Waals surface area contributed by atoms with Gasteiger partial charge in [0.15, 0.2) is 5.58 Å². The zero-order valence-corrected chi connectivity index (χ0v) is 25.5. The zero-order chi connectivity index (χ0) is 31.3. The second-order valence-electron chi connectivity index (χ2n) is 11.9. The molecule has 0 aliphatic carbocycles. The lowest BCUT2D eigenvalue weighted by atomic mass is 9.99. The van der Waals surface area contributed by atoms with Crippen LogP contribution in [-0.4, -0.2) is 10.3 Å². The summed E-state index contributed by atoms with van der Waals surface area (Å²) >= 11 is 0. The number of nitrogens with zero attached hydrogens (tertiary/aromatic N) is 2. The summed E-state index contributed by atoms with van der Waals surface area (Å²) in [5.41, 5.74) is 18.2. The number of benzene rings is 6. The van der Waals surface area contributed by atoms with E-state index in [0.717, 1.165) is 72.3 Å². The van der Waals surface area contributed by atoms with Crippen molar-refractivity contribution in [2.75, 3.05) is 5.73 Å². The molecule has 3 N–H and O–H groups in total. The Morgan fingerprint density at radius 3 is 2.21 bits per heavy atom. The highest BCUT2D eigenvalue weighted by molar-refractivity contribution is 6.16. The standard InChI is InChI=1S/C42H30N4O/c43-33-19-20-38-32(24-33)22-23-46(38)39-13-7-12-34-35-25-31(18-21-40(35)47-41(34)39)37-26-36(44-42(45-37)30-10-5-2-6-11-30)29-16-14-28(15-17-29)27-8-3-1-4-9-27/h1-26,42,44H,43H2. The van der Waals surface area contributed by atoms with Crippen LogP contribution in [0.1, 0.15) is 22.9 Å². The fraction of sp³-hybridized carbons (Fsp3) is 0.0238. The van der Waals surface area contributed by atoms with Crippen LogP contribution in [0.4, 0.5) is 5.69 Å². The molecule has 1 unspecified atom stereocenters. The Morgan fingerprint density at radius 2 is 1.38 bits per heavy atom. The van der Waals surface area contributed by atoms with Gasteiger partial charge in [-0.1, -0.05) is 97.1 Å². The van der Waals surface area contributed by atoms with Crippen LogP contribution < -0.4 is 11.1 Å². The maximum atomic E-state index is 6.54. The molecule has 0 fully saturated rings. The van der Waals surface area contributed by atoms with Crippen molar-refractivity contribution in [1.82, 2.24) is 9.88 Å². The summed E-state index contributed by atoms with van der Waals surface area (Å²) in [5.74, 6) is 0. The van der Waals surface area contributed by atoms with Crippen LogP contribution >= 0.6 is 0 Å². The van der Waals surface area contributed by atoms with Gasteiger partial charge in [0.05, 0.1) is 16.9 Å². The highest BCUT2D eigenvalue weighted by atomic mass is 16.3. The average Bonchev–Trinajstić information content (AvgIpc) is 3.73. The van der Waals surface area contributed by atoms with Crippen molar-refractivity contribution in [3.05, 3.63) is 175 Å². The highest BCUT2D eigenvalue weighted by Crippen LogP contribution is 2.36. The number of nitrogens with two attached hydrogens (primary N) is 1. The summed E-state index contributed by atoms with van der Waals surface area (Å²) in [6.45, 7) is 0. The first kappa shape index (κ1) is 27.0.